The number of aliphatic hydroxyl groups excluding tert-OH is 2. The normalized spacial score (nSPS) is 33.9. The SMILES string of the molecule is CC(=O)O[C@H]1C(=O)[C@@]2(C)[C@@H]3[C@H](OC(=O)c4ccccc4)[C@]4(O)C[C@H](OC(=O)[C@H](O)[C@@H](NC(=O)c5ccccc5)c5ccccc5OCCCCCCC(=O)O[C@]35CO[C@@H]5C[C@@H]2O)C(C)=C1C4(C)C. The molecule has 16 nitrogen and oxygen atoms in total. The lowest BCUT2D eigenvalue weighted by atomic mass is 9.44. The monoisotopic (exact) mass is 937 g/mol. The summed E-state index contributed by atoms with van der Waals surface area (Å²) < 4.78 is 37.4. The van der Waals surface area contributed by atoms with Crippen molar-refractivity contribution in [2.24, 2.45) is 16.7 Å². The van der Waals surface area contributed by atoms with E-state index in [4.69, 9.17) is 28.4 Å². The van der Waals surface area contributed by atoms with Gasteiger partial charge in [0.25, 0.3) is 5.91 Å². The van der Waals surface area contributed by atoms with E-state index in [0.717, 1.165) is 6.92 Å². The van der Waals surface area contributed by atoms with E-state index >= 15 is 4.79 Å². The van der Waals surface area contributed by atoms with Crippen LogP contribution in [0.4, 0.5) is 0 Å². The van der Waals surface area contributed by atoms with Crippen LogP contribution in [0.2, 0.25) is 0 Å². The summed E-state index contributed by atoms with van der Waals surface area (Å²) >= 11 is 0. The number of amides is 1. The van der Waals surface area contributed by atoms with Crippen molar-refractivity contribution >= 4 is 35.6 Å². The summed E-state index contributed by atoms with van der Waals surface area (Å²) in [5.41, 5.74) is -7.23. The summed E-state index contributed by atoms with van der Waals surface area (Å²) in [5.74, 6) is -6.48. The molecule has 11 atom stereocenters. The molecule has 8 rings (SSSR count). The van der Waals surface area contributed by atoms with Crippen molar-refractivity contribution in [1.82, 2.24) is 5.32 Å². The maximum atomic E-state index is 15.8. The zero-order valence-electron chi connectivity index (χ0n) is 38.8. The fraction of sp³-hybridized carbons (Fsp3) is 0.500. The standard InChI is InChI=1S/C52H59NO15/c1-29-35-27-52(62)45(67-47(60)32-20-12-9-13-21-32)43-50(5,44(58)42(65-30(2)54)39(29)49(52,3)4)36(55)26-37-51(43,28-64-37)68-38(56)24-14-6-7-17-25-63-34-23-16-15-22-33(34)40(41(57)48(61)66-35)53-46(59)31-18-10-8-11-19-31/h8-13,15-16,18-23,35-37,40-43,45,55,57,62H,6-7,14,17,24-28H2,1-5H3,(H,53,59)/t35-,36-,37+,40-,41+,42+,43-,45-,50+,51-,52+/m0/s1. The van der Waals surface area contributed by atoms with E-state index in [0.29, 0.717) is 25.7 Å². The first-order valence-electron chi connectivity index (χ1n) is 23.2. The van der Waals surface area contributed by atoms with E-state index in [9.17, 15) is 39.3 Å². The van der Waals surface area contributed by atoms with Gasteiger partial charge in [-0.25, -0.2) is 9.59 Å². The quantitative estimate of drug-likeness (QED) is 0.149. The fourth-order valence-electron chi connectivity index (χ4n) is 11.3. The van der Waals surface area contributed by atoms with Gasteiger partial charge in [0.05, 0.1) is 42.3 Å². The van der Waals surface area contributed by atoms with Gasteiger partial charge < -0.3 is 49.1 Å². The molecule has 1 spiro atoms. The third-order valence-corrected chi connectivity index (χ3v) is 15.1. The van der Waals surface area contributed by atoms with Crippen molar-refractivity contribution in [3.05, 3.63) is 113 Å². The Labute approximate surface area is 394 Å². The number of esters is 4. The summed E-state index contributed by atoms with van der Waals surface area (Å²) in [6.07, 6.45) is -8.57. The van der Waals surface area contributed by atoms with Gasteiger partial charge in [-0.1, -0.05) is 81.3 Å². The number of rotatable bonds is 5. The van der Waals surface area contributed by atoms with Crippen LogP contribution in [-0.2, 0) is 42.9 Å². The predicted octanol–water partition coefficient (Wildman–Crippen LogP) is 5.06. The lowest BCUT2D eigenvalue weighted by Gasteiger charge is -2.67. The summed E-state index contributed by atoms with van der Waals surface area (Å²) in [4.78, 5) is 86.0. The van der Waals surface area contributed by atoms with Crippen molar-refractivity contribution < 1.29 is 72.5 Å². The van der Waals surface area contributed by atoms with E-state index in [1.165, 1.54) is 26.0 Å². The fourth-order valence-corrected chi connectivity index (χ4v) is 11.3. The molecule has 2 saturated carbocycles. The highest BCUT2D eigenvalue weighted by atomic mass is 16.6. The Balaban J connectivity index is 1.33. The number of Topliss-reactive ketones (excluding diaryl/α,β-unsaturated/α-hetero) is 1. The van der Waals surface area contributed by atoms with Crippen molar-refractivity contribution in [2.45, 2.75) is 133 Å². The molecule has 0 aromatic heterocycles. The van der Waals surface area contributed by atoms with Gasteiger partial charge >= 0.3 is 23.9 Å². The molecule has 16 heteroatoms. The van der Waals surface area contributed by atoms with Crippen LogP contribution >= 0.6 is 0 Å². The molecule has 5 aliphatic rings. The Bertz CT molecular complexity index is 2470. The molecular weight excluding hydrogens is 879 g/mol. The summed E-state index contributed by atoms with van der Waals surface area (Å²) in [6.45, 7) is 7.13. The van der Waals surface area contributed by atoms with Crippen molar-refractivity contribution in [2.75, 3.05) is 13.2 Å². The van der Waals surface area contributed by atoms with Crippen LogP contribution in [0, 0.1) is 16.7 Å². The molecule has 3 aromatic carbocycles. The molecule has 4 bridgehead atoms. The number of fused-ring (bicyclic) bond motifs is 3. The van der Waals surface area contributed by atoms with Crippen LogP contribution in [0.25, 0.3) is 0 Å². The van der Waals surface area contributed by atoms with Gasteiger partial charge in [0.1, 0.15) is 29.7 Å². The first kappa shape index (κ1) is 48.5. The molecule has 2 aliphatic heterocycles. The number of ketones is 1. The largest absolute Gasteiger partial charge is 0.493 e. The zero-order chi connectivity index (χ0) is 48.8. The van der Waals surface area contributed by atoms with Gasteiger partial charge in [0.2, 0.25) is 0 Å². The van der Waals surface area contributed by atoms with Gasteiger partial charge in [-0.05, 0) is 68.2 Å². The van der Waals surface area contributed by atoms with E-state index < -0.39 is 113 Å². The molecule has 68 heavy (non-hydrogen) atoms. The molecule has 1 amide bonds. The maximum Gasteiger partial charge on any atom is 0.338 e. The Morgan fingerprint density at radius 3 is 2.13 bits per heavy atom. The Hall–Kier alpha value is -5.94. The number of ether oxygens (including phenoxy) is 6. The van der Waals surface area contributed by atoms with Crippen molar-refractivity contribution in [3.63, 3.8) is 0 Å². The number of carbonyl (C=O) groups excluding carboxylic acids is 6. The average Bonchev–Trinajstić information content (AvgIpc) is 3.31. The molecule has 3 aliphatic carbocycles. The highest BCUT2D eigenvalue weighted by molar-refractivity contribution is 5.96. The minimum atomic E-state index is -2.41. The minimum absolute atomic E-state index is 0.00419. The maximum absolute atomic E-state index is 15.8. The Morgan fingerprint density at radius 2 is 1.47 bits per heavy atom. The third-order valence-electron chi connectivity index (χ3n) is 15.1. The van der Waals surface area contributed by atoms with Crippen LogP contribution in [0.5, 0.6) is 5.75 Å². The number of hydrogen-bond donors (Lipinski definition) is 4. The second kappa shape index (κ2) is 18.9. The number of para-hydroxylation sites is 1. The predicted molar refractivity (Wildman–Crippen MR) is 241 cm³/mol. The van der Waals surface area contributed by atoms with Crippen LogP contribution < -0.4 is 10.1 Å². The van der Waals surface area contributed by atoms with E-state index in [1.54, 1.807) is 86.6 Å². The lowest BCUT2D eigenvalue weighted by molar-refractivity contribution is -0.346. The van der Waals surface area contributed by atoms with Crippen LogP contribution in [0.1, 0.15) is 112 Å². The summed E-state index contributed by atoms with van der Waals surface area (Å²) in [7, 11) is 0. The average molecular weight is 938 g/mol. The number of hydrogen-bond acceptors (Lipinski definition) is 15. The number of nitrogens with one attached hydrogen (secondary N) is 1. The lowest BCUT2D eigenvalue weighted by Crippen LogP contribution is -2.82. The Kier molecular flexibility index (Phi) is 13.5. The van der Waals surface area contributed by atoms with Crippen molar-refractivity contribution in [3.8, 4) is 5.75 Å². The molecule has 3 fully saturated rings. The molecule has 362 valence electrons. The van der Waals surface area contributed by atoms with Gasteiger partial charge in [-0.15, -0.1) is 0 Å². The first-order chi connectivity index (χ1) is 32.3. The molecule has 1 saturated heterocycles. The van der Waals surface area contributed by atoms with Crippen molar-refractivity contribution in [1.29, 1.82) is 0 Å². The van der Waals surface area contributed by atoms with E-state index in [2.05, 4.69) is 5.32 Å². The van der Waals surface area contributed by atoms with Crippen LogP contribution in [-0.4, -0.2) is 112 Å². The molecular formula is C52H59NO15. The molecule has 3 aromatic rings. The smallest absolute Gasteiger partial charge is 0.338 e. The third kappa shape index (κ3) is 8.39. The molecule has 4 N–H and O–H groups in total. The highest BCUT2D eigenvalue weighted by Crippen LogP contribution is 2.64. The number of aliphatic hydroxyl groups is 3. The first-order valence-corrected chi connectivity index (χ1v) is 23.2. The molecule has 0 unspecified atom stereocenters. The number of benzene rings is 3. The van der Waals surface area contributed by atoms with E-state index in [1.807, 2.05) is 0 Å². The second-order valence-electron chi connectivity index (χ2n) is 19.4. The summed E-state index contributed by atoms with van der Waals surface area (Å²) in [5, 5.41) is 41.1. The molecule has 0 radical (unpaired) electrons. The highest BCUT2D eigenvalue weighted by Gasteiger charge is 2.78. The second-order valence-corrected chi connectivity index (χ2v) is 19.4. The number of carbonyl (C=O) groups is 6. The van der Waals surface area contributed by atoms with Crippen LogP contribution in [0.3, 0.4) is 0 Å². The van der Waals surface area contributed by atoms with Gasteiger partial charge in [-0.2, -0.15) is 0 Å². The van der Waals surface area contributed by atoms with Crippen LogP contribution in [0.15, 0.2) is 96.1 Å². The topological polar surface area (TPSA) is 231 Å². The van der Waals surface area contributed by atoms with E-state index in [-0.39, 0.29) is 59.6 Å². The minimum Gasteiger partial charge on any atom is -0.493 e. The summed E-state index contributed by atoms with van der Waals surface area (Å²) in [6, 6.07) is 21.3. The Morgan fingerprint density at radius 1 is 0.824 bits per heavy atom. The van der Waals surface area contributed by atoms with Gasteiger partial charge in [0.15, 0.2) is 23.6 Å². The molecule has 2 heterocycles. The zero-order valence-corrected chi connectivity index (χ0v) is 38.8. The van der Waals surface area contributed by atoms with Gasteiger partial charge in [0, 0.05) is 42.7 Å². The van der Waals surface area contributed by atoms with Gasteiger partial charge in [-0.3, -0.25) is 19.2 Å².